The van der Waals surface area contributed by atoms with Crippen molar-refractivity contribution in [2.75, 3.05) is 19.8 Å². The van der Waals surface area contributed by atoms with Crippen molar-refractivity contribution in [2.24, 2.45) is 0 Å². The third kappa shape index (κ3) is 1.91. The Balaban J connectivity index is 1.87. The summed E-state index contributed by atoms with van der Waals surface area (Å²) in [6.45, 7) is 4.27. The van der Waals surface area contributed by atoms with E-state index in [2.05, 4.69) is 10.6 Å². The first-order valence-electron chi connectivity index (χ1n) is 5.34. The van der Waals surface area contributed by atoms with Crippen molar-refractivity contribution in [3.63, 3.8) is 0 Å². The maximum absolute atomic E-state index is 11.9. The number of hydrogen-bond acceptors (Lipinski definition) is 3. The molecule has 0 aromatic carbocycles. The van der Waals surface area contributed by atoms with E-state index < -0.39 is 0 Å². The lowest BCUT2D eigenvalue weighted by atomic mass is 9.90. The standard InChI is InChI=1S/C10H18N2O2/c1-10(4-2-3-5-11-10)9(13)12-8-6-14-7-8/h8,11H,2-7H2,1H3,(H,12,13). The average Bonchev–Trinajstić information content (AvgIpc) is 2.12. The highest BCUT2D eigenvalue weighted by Gasteiger charge is 2.36. The molecule has 0 aromatic rings. The number of carbonyl (C=O) groups is 1. The largest absolute Gasteiger partial charge is 0.377 e. The molecule has 80 valence electrons. The van der Waals surface area contributed by atoms with Crippen molar-refractivity contribution in [2.45, 2.75) is 37.8 Å². The lowest BCUT2D eigenvalue weighted by molar-refractivity contribution is -0.132. The molecule has 0 saturated carbocycles. The summed E-state index contributed by atoms with van der Waals surface area (Å²) in [6.07, 6.45) is 3.25. The smallest absolute Gasteiger partial charge is 0.240 e. The quantitative estimate of drug-likeness (QED) is 0.658. The molecule has 0 aromatic heterocycles. The van der Waals surface area contributed by atoms with Crippen molar-refractivity contribution < 1.29 is 9.53 Å². The molecule has 0 aliphatic carbocycles. The van der Waals surface area contributed by atoms with Crippen molar-refractivity contribution in [3.05, 3.63) is 0 Å². The van der Waals surface area contributed by atoms with E-state index in [-0.39, 0.29) is 17.5 Å². The Morgan fingerprint density at radius 1 is 1.50 bits per heavy atom. The second-order valence-corrected chi connectivity index (χ2v) is 4.42. The SMILES string of the molecule is CC1(C(=O)NC2COC2)CCCCN1. The number of ether oxygens (including phenoxy) is 1. The molecule has 2 N–H and O–H groups in total. The zero-order valence-electron chi connectivity index (χ0n) is 8.64. The molecule has 1 unspecified atom stereocenters. The molecule has 0 bridgehead atoms. The minimum atomic E-state index is -0.353. The van der Waals surface area contributed by atoms with Gasteiger partial charge in [-0.2, -0.15) is 0 Å². The topological polar surface area (TPSA) is 50.4 Å². The second-order valence-electron chi connectivity index (χ2n) is 4.42. The van der Waals surface area contributed by atoms with Crippen LogP contribution in [0.4, 0.5) is 0 Å². The third-order valence-corrected chi connectivity index (χ3v) is 3.09. The van der Waals surface area contributed by atoms with Gasteiger partial charge in [0.05, 0.1) is 24.8 Å². The van der Waals surface area contributed by atoms with Gasteiger partial charge in [-0.1, -0.05) is 0 Å². The summed E-state index contributed by atoms with van der Waals surface area (Å²) >= 11 is 0. The van der Waals surface area contributed by atoms with Gasteiger partial charge in [0, 0.05) is 0 Å². The molecule has 2 saturated heterocycles. The van der Waals surface area contributed by atoms with Gasteiger partial charge >= 0.3 is 0 Å². The summed E-state index contributed by atoms with van der Waals surface area (Å²) in [4.78, 5) is 11.9. The lowest BCUT2D eigenvalue weighted by Gasteiger charge is -2.36. The van der Waals surface area contributed by atoms with Crippen LogP contribution in [0.3, 0.4) is 0 Å². The van der Waals surface area contributed by atoms with Crippen LogP contribution < -0.4 is 10.6 Å². The summed E-state index contributed by atoms with van der Waals surface area (Å²) in [5.74, 6) is 0.130. The Morgan fingerprint density at radius 2 is 2.29 bits per heavy atom. The van der Waals surface area contributed by atoms with Gasteiger partial charge in [0.2, 0.25) is 5.91 Å². The van der Waals surface area contributed by atoms with Crippen LogP contribution in [0.15, 0.2) is 0 Å². The monoisotopic (exact) mass is 198 g/mol. The fraction of sp³-hybridized carbons (Fsp3) is 0.900. The zero-order valence-corrected chi connectivity index (χ0v) is 8.64. The minimum absolute atomic E-state index is 0.130. The van der Waals surface area contributed by atoms with Gasteiger partial charge < -0.3 is 15.4 Å². The van der Waals surface area contributed by atoms with E-state index >= 15 is 0 Å². The molecule has 2 heterocycles. The molecule has 4 nitrogen and oxygen atoms in total. The highest BCUT2D eigenvalue weighted by Crippen LogP contribution is 2.19. The highest BCUT2D eigenvalue weighted by molar-refractivity contribution is 5.86. The molecular weight excluding hydrogens is 180 g/mol. The molecule has 2 aliphatic heterocycles. The van der Waals surface area contributed by atoms with E-state index in [9.17, 15) is 4.79 Å². The maximum Gasteiger partial charge on any atom is 0.240 e. The second kappa shape index (κ2) is 3.87. The molecule has 1 amide bonds. The molecule has 1 atom stereocenters. The van der Waals surface area contributed by atoms with Crippen molar-refractivity contribution in [3.8, 4) is 0 Å². The summed E-state index contributed by atoms with van der Waals surface area (Å²) in [5, 5.41) is 6.30. The predicted molar refractivity (Wildman–Crippen MR) is 53.0 cm³/mol. The normalized spacial score (nSPS) is 33.5. The first-order valence-corrected chi connectivity index (χ1v) is 5.34. The maximum atomic E-state index is 11.9. The van der Waals surface area contributed by atoms with Crippen LogP contribution in [-0.2, 0) is 9.53 Å². The van der Waals surface area contributed by atoms with Crippen LogP contribution in [0, 0.1) is 0 Å². The Hall–Kier alpha value is -0.610. The van der Waals surface area contributed by atoms with E-state index in [4.69, 9.17) is 4.74 Å². The molecule has 2 aliphatic rings. The fourth-order valence-electron chi connectivity index (χ4n) is 1.91. The summed E-state index contributed by atoms with van der Waals surface area (Å²) in [6, 6.07) is 0.239. The van der Waals surface area contributed by atoms with Crippen LogP contribution in [0.1, 0.15) is 26.2 Å². The molecule has 0 spiro atoms. The highest BCUT2D eigenvalue weighted by atomic mass is 16.5. The zero-order chi connectivity index (χ0) is 10.0. The van der Waals surface area contributed by atoms with Gasteiger partial charge in [-0.25, -0.2) is 0 Å². The summed E-state index contributed by atoms with van der Waals surface area (Å²) in [5.41, 5.74) is -0.353. The van der Waals surface area contributed by atoms with Crippen LogP contribution in [-0.4, -0.2) is 37.2 Å². The van der Waals surface area contributed by atoms with Gasteiger partial charge in [-0.3, -0.25) is 4.79 Å². The van der Waals surface area contributed by atoms with Gasteiger partial charge in [-0.15, -0.1) is 0 Å². The Bertz CT molecular complexity index is 220. The Kier molecular flexibility index (Phi) is 2.74. The number of carbonyl (C=O) groups excluding carboxylic acids is 1. The first-order chi connectivity index (χ1) is 6.71. The van der Waals surface area contributed by atoms with Crippen LogP contribution in [0.5, 0.6) is 0 Å². The van der Waals surface area contributed by atoms with Crippen molar-refractivity contribution in [1.29, 1.82) is 0 Å². The van der Waals surface area contributed by atoms with Crippen molar-refractivity contribution >= 4 is 5.91 Å². The van der Waals surface area contributed by atoms with Crippen LogP contribution in [0.25, 0.3) is 0 Å². The summed E-state index contributed by atoms with van der Waals surface area (Å²) in [7, 11) is 0. The number of amides is 1. The molecule has 0 radical (unpaired) electrons. The van der Waals surface area contributed by atoms with E-state index in [1.54, 1.807) is 0 Å². The van der Waals surface area contributed by atoms with E-state index in [0.717, 1.165) is 19.4 Å². The summed E-state index contributed by atoms with van der Waals surface area (Å²) < 4.78 is 5.02. The number of rotatable bonds is 2. The predicted octanol–water partition coefficient (Wildman–Crippen LogP) is 0.0336. The fourth-order valence-corrected chi connectivity index (χ4v) is 1.91. The van der Waals surface area contributed by atoms with E-state index in [0.29, 0.717) is 13.2 Å². The van der Waals surface area contributed by atoms with Gasteiger partial charge in [0.15, 0.2) is 0 Å². The lowest BCUT2D eigenvalue weighted by Crippen LogP contribution is -2.61. The van der Waals surface area contributed by atoms with Crippen LogP contribution in [0.2, 0.25) is 0 Å². The average molecular weight is 198 g/mol. The number of nitrogens with one attached hydrogen (secondary N) is 2. The Labute approximate surface area is 84.4 Å². The molecule has 4 heteroatoms. The van der Waals surface area contributed by atoms with E-state index in [1.165, 1.54) is 6.42 Å². The minimum Gasteiger partial charge on any atom is -0.377 e. The van der Waals surface area contributed by atoms with Crippen LogP contribution >= 0.6 is 0 Å². The third-order valence-electron chi connectivity index (χ3n) is 3.09. The van der Waals surface area contributed by atoms with E-state index in [1.807, 2.05) is 6.92 Å². The molecule has 2 rings (SSSR count). The molecule has 2 fully saturated rings. The number of piperidine rings is 1. The number of hydrogen-bond donors (Lipinski definition) is 2. The Morgan fingerprint density at radius 3 is 2.79 bits per heavy atom. The first kappa shape index (κ1) is 9.93. The molecular formula is C10H18N2O2. The van der Waals surface area contributed by atoms with Gasteiger partial charge in [0.1, 0.15) is 0 Å². The van der Waals surface area contributed by atoms with Crippen molar-refractivity contribution in [1.82, 2.24) is 10.6 Å². The van der Waals surface area contributed by atoms with Gasteiger partial charge in [-0.05, 0) is 32.7 Å². The molecule has 14 heavy (non-hydrogen) atoms. The van der Waals surface area contributed by atoms with Gasteiger partial charge in [0.25, 0.3) is 0 Å².